The molecule has 0 unspecified atom stereocenters. The van der Waals surface area contributed by atoms with Gasteiger partial charge in [-0.1, -0.05) is 0 Å². The van der Waals surface area contributed by atoms with Gasteiger partial charge in [-0.3, -0.25) is 0 Å². The van der Waals surface area contributed by atoms with Crippen molar-refractivity contribution in [1.82, 2.24) is 0 Å². The fraction of sp³-hybridized carbons (Fsp3) is 1.00. The van der Waals surface area contributed by atoms with Gasteiger partial charge < -0.3 is 0 Å². The van der Waals surface area contributed by atoms with Crippen LogP contribution in [0.5, 0.6) is 0 Å². The zero-order valence-electron chi connectivity index (χ0n) is 4.89. The van der Waals surface area contributed by atoms with E-state index in [-0.39, 0.29) is 3.41 Å². The minimum Gasteiger partial charge on any atom is -0.151 e. The van der Waals surface area contributed by atoms with Crippen LogP contribution in [0.25, 0.3) is 0 Å². The molecule has 0 radical (unpaired) electrons. The Morgan fingerprint density at radius 2 is 1.88 bits per heavy atom. The highest BCUT2D eigenvalue weighted by Gasteiger charge is 2.22. The third-order valence-corrected chi connectivity index (χ3v) is 4.57. The minimum atomic E-state index is 0.207. The highest BCUT2D eigenvalue weighted by Crippen LogP contribution is 2.44. The molecule has 0 N–H and O–H groups in total. The fourth-order valence-corrected chi connectivity index (χ4v) is 3.52. The second-order valence-corrected chi connectivity index (χ2v) is 6.73. The molecule has 0 amide bonds. The molecule has 1 saturated heterocycles. The van der Waals surface area contributed by atoms with Crippen molar-refractivity contribution in [2.75, 3.05) is 11.5 Å². The summed E-state index contributed by atoms with van der Waals surface area (Å²) in [4.78, 5) is 0. The van der Waals surface area contributed by atoms with E-state index in [1.165, 1.54) is 17.9 Å². The van der Waals surface area contributed by atoms with E-state index in [9.17, 15) is 0 Å². The highest BCUT2D eigenvalue weighted by molar-refractivity contribution is 8.29. The smallest absolute Gasteiger partial charge is 0.101 e. The summed E-state index contributed by atoms with van der Waals surface area (Å²) in [7, 11) is 0. The lowest BCUT2D eigenvalue weighted by atomic mass is 10.6. The Labute approximate surface area is 64.6 Å². The lowest BCUT2D eigenvalue weighted by Gasteiger charge is -2.26. The Morgan fingerprint density at radius 3 is 2.12 bits per heavy atom. The molecule has 1 aliphatic rings. The van der Waals surface area contributed by atoms with E-state index in [4.69, 9.17) is 0 Å². The van der Waals surface area contributed by atoms with Crippen molar-refractivity contribution < 1.29 is 0 Å². The van der Waals surface area contributed by atoms with Crippen molar-refractivity contribution in [1.29, 1.82) is 0 Å². The van der Waals surface area contributed by atoms with Crippen LogP contribution in [-0.4, -0.2) is 14.9 Å². The number of rotatable bonds is 0. The third kappa shape index (κ3) is 2.11. The maximum atomic E-state index is 4.44. The number of hydrogen-bond acceptors (Lipinski definition) is 3. The molecule has 48 valence electrons. The van der Waals surface area contributed by atoms with E-state index in [0.717, 1.165) is 0 Å². The van der Waals surface area contributed by atoms with Crippen molar-refractivity contribution in [2.45, 2.75) is 16.8 Å². The van der Waals surface area contributed by atoms with Crippen LogP contribution in [-0.2, 0) is 0 Å². The van der Waals surface area contributed by atoms with Gasteiger partial charge in [0.05, 0.1) is 0 Å². The molecule has 1 rings (SSSR count). The predicted octanol–water partition coefficient (Wildman–Crippen LogP) is 2.46. The summed E-state index contributed by atoms with van der Waals surface area (Å²) in [6.07, 6.45) is 1.35. The average Bonchev–Trinajstić information content (AvgIpc) is 1.65. The van der Waals surface area contributed by atoms with Gasteiger partial charge in [-0.15, -0.1) is 23.5 Å². The Balaban J connectivity index is 2.33. The quantitative estimate of drug-likeness (QED) is 0.549. The van der Waals surface area contributed by atoms with Gasteiger partial charge in [0.15, 0.2) is 0 Å². The predicted molar refractivity (Wildman–Crippen MR) is 46.9 cm³/mol. The minimum absolute atomic E-state index is 0.207. The van der Waals surface area contributed by atoms with Crippen molar-refractivity contribution in [2.24, 2.45) is 0 Å². The summed E-state index contributed by atoms with van der Waals surface area (Å²) in [5.41, 5.74) is 0. The van der Waals surface area contributed by atoms with Gasteiger partial charge in [0, 0.05) is 0 Å². The third-order valence-electron chi connectivity index (χ3n) is 1.03. The SMILES string of the molecule is CC1(S)SCCCS1. The molecule has 0 aromatic heterocycles. The molecule has 1 heterocycles. The normalized spacial score (nSPS) is 27.8. The molecule has 0 saturated carbocycles. The lowest BCUT2D eigenvalue weighted by Crippen LogP contribution is -2.12. The van der Waals surface area contributed by atoms with E-state index in [1.54, 1.807) is 0 Å². The molecular weight excluding hydrogens is 156 g/mol. The first-order chi connectivity index (χ1) is 3.71. The summed E-state index contributed by atoms with van der Waals surface area (Å²) in [6, 6.07) is 0. The molecule has 0 atom stereocenters. The summed E-state index contributed by atoms with van der Waals surface area (Å²) in [6.45, 7) is 2.17. The van der Waals surface area contributed by atoms with Crippen LogP contribution >= 0.6 is 36.2 Å². The molecule has 0 aliphatic carbocycles. The fourth-order valence-electron chi connectivity index (χ4n) is 0.624. The van der Waals surface area contributed by atoms with Crippen LogP contribution in [0.2, 0.25) is 0 Å². The van der Waals surface area contributed by atoms with Crippen molar-refractivity contribution in [3.05, 3.63) is 0 Å². The van der Waals surface area contributed by atoms with Crippen LogP contribution < -0.4 is 0 Å². The Morgan fingerprint density at radius 1 is 1.38 bits per heavy atom. The van der Waals surface area contributed by atoms with E-state index < -0.39 is 0 Å². The van der Waals surface area contributed by atoms with Crippen LogP contribution in [0.4, 0.5) is 0 Å². The standard InChI is InChI=1S/C5H10S3/c1-5(6)7-3-2-4-8-5/h6H,2-4H2,1H3. The van der Waals surface area contributed by atoms with Crippen LogP contribution in [0.3, 0.4) is 0 Å². The molecule has 0 aromatic carbocycles. The molecule has 0 nitrogen and oxygen atoms in total. The number of thioether (sulfide) groups is 2. The molecule has 1 fully saturated rings. The number of thiol groups is 1. The second-order valence-electron chi connectivity index (χ2n) is 1.95. The number of hydrogen-bond donors (Lipinski definition) is 1. The molecule has 1 aliphatic heterocycles. The summed E-state index contributed by atoms with van der Waals surface area (Å²) < 4.78 is 0.207. The molecule has 8 heavy (non-hydrogen) atoms. The van der Waals surface area contributed by atoms with E-state index in [1.807, 2.05) is 23.5 Å². The van der Waals surface area contributed by atoms with Crippen LogP contribution in [0.1, 0.15) is 13.3 Å². The summed E-state index contributed by atoms with van der Waals surface area (Å²) >= 11 is 8.34. The lowest BCUT2D eigenvalue weighted by molar-refractivity contribution is 1.09. The monoisotopic (exact) mass is 166 g/mol. The zero-order valence-corrected chi connectivity index (χ0v) is 7.41. The molecule has 3 heteroatoms. The first kappa shape index (κ1) is 7.16. The molecule has 0 bridgehead atoms. The van der Waals surface area contributed by atoms with Crippen LogP contribution in [0, 0.1) is 0 Å². The Bertz CT molecular complexity index is 71.7. The summed E-state index contributed by atoms with van der Waals surface area (Å²) in [5, 5.41) is 0. The topological polar surface area (TPSA) is 0 Å². The van der Waals surface area contributed by atoms with Gasteiger partial charge in [0.2, 0.25) is 0 Å². The van der Waals surface area contributed by atoms with Crippen molar-refractivity contribution in [3.63, 3.8) is 0 Å². The molecule has 0 aromatic rings. The second kappa shape index (κ2) is 2.76. The van der Waals surface area contributed by atoms with Gasteiger partial charge in [0.1, 0.15) is 3.41 Å². The van der Waals surface area contributed by atoms with Gasteiger partial charge in [-0.25, -0.2) is 0 Å². The Kier molecular flexibility index (Phi) is 2.47. The average molecular weight is 166 g/mol. The van der Waals surface area contributed by atoms with Crippen LogP contribution in [0.15, 0.2) is 0 Å². The van der Waals surface area contributed by atoms with E-state index in [0.29, 0.717) is 0 Å². The van der Waals surface area contributed by atoms with Gasteiger partial charge in [-0.05, 0) is 24.9 Å². The van der Waals surface area contributed by atoms with E-state index >= 15 is 0 Å². The van der Waals surface area contributed by atoms with E-state index in [2.05, 4.69) is 19.6 Å². The first-order valence-corrected chi connectivity index (χ1v) is 5.13. The zero-order chi connectivity index (χ0) is 6.04. The van der Waals surface area contributed by atoms with Crippen molar-refractivity contribution >= 4 is 36.2 Å². The maximum Gasteiger partial charge on any atom is 0.101 e. The molecule has 0 spiro atoms. The van der Waals surface area contributed by atoms with Crippen molar-refractivity contribution in [3.8, 4) is 0 Å². The summed E-state index contributed by atoms with van der Waals surface area (Å²) in [5.74, 6) is 2.57. The van der Waals surface area contributed by atoms with Gasteiger partial charge >= 0.3 is 0 Å². The molecular formula is C5H10S3. The van der Waals surface area contributed by atoms with Gasteiger partial charge in [0.25, 0.3) is 0 Å². The Hall–Kier alpha value is 1.05. The largest absolute Gasteiger partial charge is 0.151 e. The van der Waals surface area contributed by atoms with Gasteiger partial charge in [-0.2, -0.15) is 12.6 Å². The highest BCUT2D eigenvalue weighted by atomic mass is 32.3. The maximum absolute atomic E-state index is 4.44. The first-order valence-electron chi connectivity index (χ1n) is 2.71.